The molecule has 2 aromatic rings. The van der Waals surface area contributed by atoms with E-state index in [2.05, 4.69) is 43.5 Å². The Labute approximate surface area is 183 Å². The number of oxazole rings is 1. The summed E-state index contributed by atoms with van der Waals surface area (Å²) in [6.45, 7) is 9.54. The molecule has 8 nitrogen and oxygen atoms in total. The molecule has 3 rings (SSSR count). The van der Waals surface area contributed by atoms with Crippen LogP contribution in [0.1, 0.15) is 29.8 Å². The average molecular weight is 500 g/mol. The first-order valence-electron chi connectivity index (χ1n) is 9.24. The maximum Gasteiger partial charge on any atom is 0.214 e. The van der Waals surface area contributed by atoms with Crippen LogP contribution in [0.5, 0.6) is 0 Å². The van der Waals surface area contributed by atoms with E-state index in [4.69, 9.17) is 9.15 Å². The molecule has 0 aliphatic carbocycles. The predicted octanol–water partition coefficient (Wildman–Crippen LogP) is 2.39. The van der Waals surface area contributed by atoms with E-state index in [1.807, 2.05) is 26.1 Å². The highest BCUT2D eigenvalue weighted by molar-refractivity contribution is 14.0. The van der Waals surface area contributed by atoms with Gasteiger partial charge in [-0.05, 0) is 38.5 Å². The largest absolute Gasteiger partial charge is 0.444 e. The number of pyridine rings is 1. The Morgan fingerprint density at radius 3 is 2.79 bits per heavy atom. The van der Waals surface area contributed by atoms with Crippen molar-refractivity contribution >= 4 is 35.8 Å². The lowest BCUT2D eigenvalue weighted by molar-refractivity contribution is 0.0529. The van der Waals surface area contributed by atoms with E-state index >= 15 is 0 Å². The van der Waals surface area contributed by atoms with Gasteiger partial charge in [0.05, 0.1) is 24.9 Å². The number of aliphatic imine (C=N–C) groups is 1. The summed E-state index contributed by atoms with van der Waals surface area (Å²) >= 11 is 0. The molecule has 154 valence electrons. The number of nitrogens with one attached hydrogen (secondary N) is 2. The van der Waals surface area contributed by atoms with Crippen molar-refractivity contribution in [2.75, 3.05) is 31.6 Å². The Morgan fingerprint density at radius 1 is 1.32 bits per heavy atom. The number of aryl methyl sites for hydroxylation is 2. The molecule has 0 spiro atoms. The lowest BCUT2D eigenvalue weighted by atomic mass is 10.2. The molecule has 1 aliphatic rings. The molecule has 1 saturated heterocycles. The van der Waals surface area contributed by atoms with E-state index in [1.165, 1.54) is 0 Å². The second-order valence-electron chi connectivity index (χ2n) is 6.68. The Kier molecular flexibility index (Phi) is 8.49. The third-order valence-electron chi connectivity index (χ3n) is 4.54. The van der Waals surface area contributed by atoms with Gasteiger partial charge < -0.3 is 24.7 Å². The minimum absolute atomic E-state index is 0. The molecule has 0 saturated carbocycles. The summed E-state index contributed by atoms with van der Waals surface area (Å²) < 4.78 is 11.2. The monoisotopic (exact) mass is 500 g/mol. The molecule has 0 radical (unpaired) electrons. The van der Waals surface area contributed by atoms with E-state index in [0.717, 1.165) is 42.5 Å². The van der Waals surface area contributed by atoms with Gasteiger partial charge in [-0.3, -0.25) is 4.99 Å². The van der Waals surface area contributed by atoms with Gasteiger partial charge in [-0.1, -0.05) is 0 Å². The second-order valence-corrected chi connectivity index (χ2v) is 6.68. The first-order valence-corrected chi connectivity index (χ1v) is 9.24. The quantitative estimate of drug-likeness (QED) is 0.371. The van der Waals surface area contributed by atoms with Gasteiger partial charge in [0.25, 0.3) is 0 Å². The van der Waals surface area contributed by atoms with Gasteiger partial charge in [0.15, 0.2) is 5.96 Å². The molecule has 1 aliphatic heterocycles. The molecule has 28 heavy (non-hydrogen) atoms. The maximum atomic E-state index is 5.61. The summed E-state index contributed by atoms with van der Waals surface area (Å²) in [4.78, 5) is 15.4. The van der Waals surface area contributed by atoms with Crippen molar-refractivity contribution in [3.63, 3.8) is 0 Å². The fraction of sp³-hybridized carbons (Fsp3) is 0.526. The van der Waals surface area contributed by atoms with Crippen LogP contribution in [0.3, 0.4) is 0 Å². The molecule has 9 heteroatoms. The number of guanidine groups is 1. The van der Waals surface area contributed by atoms with Crippen molar-refractivity contribution in [3.05, 3.63) is 41.2 Å². The average Bonchev–Trinajstić information content (AvgIpc) is 3.00. The van der Waals surface area contributed by atoms with Crippen molar-refractivity contribution in [3.8, 4) is 0 Å². The Bertz CT molecular complexity index is 775. The van der Waals surface area contributed by atoms with Gasteiger partial charge >= 0.3 is 0 Å². The third-order valence-corrected chi connectivity index (χ3v) is 4.54. The van der Waals surface area contributed by atoms with Crippen LogP contribution in [0.25, 0.3) is 0 Å². The van der Waals surface area contributed by atoms with Crippen molar-refractivity contribution < 1.29 is 9.15 Å². The number of rotatable bonds is 5. The van der Waals surface area contributed by atoms with E-state index in [-0.39, 0.29) is 30.1 Å². The molecule has 1 atom stereocenters. The highest BCUT2D eigenvalue weighted by Crippen LogP contribution is 2.16. The number of morpholine rings is 1. The molecule has 0 bridgehead atoms. The summed E-state index contributed by atoms with van der Waals surface area (Å²) in [6.07, 6.45) is 2.08. The maximum absolute atomic E-state index is 5.61. The number of nitrogens with zero attached hydrogens (tertiary/aromatic N) is 4. The van der Waals surface area contributed by atoms with Gasteiger partial charge in [0.1, 0.15) is 11.6 Å². The zero-order valence-corrected chi connectivity index (χ0v) is 19.2. The van der Waals surface area contributed by atoms with E-state index in [0.29, 0.717) is 24.9 Å². The first-order chi connectivity index (χ1) is 13.0. The SMILES string of the molecule is CN=C(NCc1ccnc(N2CCOC(C)C2)c1)NCc1nc(C)c(C)o1.I. The lowest BCUT2D eigenvalue weighted by Crippen LogP contribution is -2.41. The minimum Gasteiger partial charge on any atom is -0.444 e. The molecular formula is C19H29IN6O2. The Balaban J connectivity index is 0.00000280. The number of ether oxygens (including phenoxy) is 1. The van der Waals surface area contributed by atoms with Crippen LogP contribution in [0.2, 0.25) is 0 Å². The number of hydrogen-bond acceptors (Lipinski definition) is 6. The molecule has 0 aromatic carbocycles. The topological polar surface area (TPSA) is 87.8 Å². The molecular weight excluding hydrogens is 471 g/mol. The van der Waals surface area contributed by atoms with E-state index in [1.54, 1.807) is 7.05 Å². The Hall–Kier alpha value is -1.88. The Morgan fingerprint density at radius 2 is 2.11 bits per heavy atom. The van der Waals surface area contributed by atoms with Gasteiger partial charge in [-0.2, -0.15) is 0 Å². The molecule has 2 N–H and O–H groups in total. The van der Waals surface area contributed by atoms with Gasteiger partial charge in [-0.25, -0.2) is 9.97 Å². The smallest absolute Gasteiger partial charge is 0.214 e. The lowest BCUT2D eigenvalue weighted by Gasteiger charge is -2.32. The van der Waals surface area contributed by atoms with E-state index in [9.17, 15) is 0 Å². The van der Waals surface area contributed by atoms with Crippen LogP contribution in [0.4, 0.5) is 5.82 Å². The van der Waals surface area contributed by atoms with Crippen molar-refractivity contribution in [1.82, 2.24) is 20.6 Å². The van der Waals surface area contributed by atoms with Gasteiger partial charge in [-0.15, -0.1) is 24.0 Å². The van der Waals surface area contributed by atoms with Crippen LogP contribution in [0.15, 0.2) is 27.7 Å². The highest BCUT2D eigenvalue weighted by atomic mass is 127. The molecule has 0 amide bonds. The second kappa shape index (κ2) is 10.6. The van der Waals surface area contributed by atoms with Crippen LogP contribution in [-0.4, -0.2) is 48.8 Å². The zero-order valence-electron chi connectivity index (χ0n) is 16.9. The number of aromatic nitrogens is 2. The van der Waals surface area contributed by atoms with Crippen LogP contribution in [-0.2, 0) is 17.8 Å². The number of anilines is 1. The van der Waals surface area contributed by atoms with Crippen molar-refractivity contribution in [1.29, 1.82) is 0 Å². The van der Waals surface area contributed by atoms with Crippen molar-refractivity contribution in [2.45, 2.75) is 40.0 Å². The molecule has 1 unspecified atom stereocenters. The van der Waals surface area contributed by atoms with Crippen LogP contribution in [0, 0.1) is 13.8 Å². The van der Waals surface area contributed by atoms with E-state index < -0.39 is 0 Å². The minimum atomic E-state index is 0. The van der Waals surface area contributed by atoms with Crippen LogP contribution >= 0.6 is 24.0 Å². The third kappa shape index (κ3) is 6.06. The molecule has 3 heterocycles. The number of hydrogen-bond donors (Lipinski definition) is 2. The fourth-order valence-electron chi connectivity index (χ4n) is 2.95. The van der Waals surface area contributed by atoms with Gasteiger partial charge in [0, 0.05) is 32.9 Å². The summed E-state index contributed by atoms with van der Waals surface area (Å²) in [6, 6.07) is 4.12. The summed E-state index contributed by atoms with van der Waals surface area (Å²) in [7, 11) is 1.74. The zero-order chi connectivity index (χ0) is 19.2. The summed E-state index contributed by atoms with van der Waals surface area (Å²) in [5, 5.41) is 6.54. The van der Waals surface area contributed by atoms with Crippen molar-refractivity contribution in [2.24, 2.45) is 4.99 Å². The number of halogens is 1. The molecule has 2 aromatic heterocycles. The van der Waals surface area contributed by atoms with Gasteiger partial charge in [0.2, 0.25) is 5.89 Å². The molecule has 1 fully saturated rings. The fourth-order valence-corrected chi connectivity index (χ4v) is 2.95. The van der Waals surface area contributed by atoms with Crippen LogP contribution < -0.4 is 15.5 Å². The standard InChI is InChI=1S/C19H28N6O2.HI/c1-13-12-25(7-8-26-13)17-9-16(5-6-21-17)10-22-19(20-4)23-11-18-24-14(2)15(3)27-18;/h5-6,9,13H,7-8,10-12H2,1-4H3,(H2,20,22,23);1H. The summed E-state index contributed by atoms with van der Waals surface area (Å²) in [5.41, 5.74) is 2.06. The summed E-state index contributed by atoms with van der Waals surface area (Å²) in [5.74, 6) is 3.18. The normalized spacial score (nSPS) is 17.2. The highest BCUT2D eigenvalue weighted by Gasteiger charge is 2.18. The first kappa shape index (κ1) is 22.4. The predicted molar refractivity (Wildman–Crippen MR) is 120 cm³/mol.